The van der Waals surface area contributed by atoms with E-state index in [4.69, 9.17) is 18.8 Å². The quantitative estimate of drug-likeness (QED) is 0.214. The van der Waals surface area contributed by atoms with Crippen LogP contribution in [0.1, 0.15) is 0 Å². The molecule has 4 aromatic heterocycles. The predicted octanol–water partition coefficient (Wildman–Crippen LogP) is 10.1. The molecule has 0 saturated carbocycles. The number of aromatic nitrogens is 2. The Bertz CT molecular complexity index is 2450. The fourth-order valence-corrected chi connectivity index (χ4v) is 6.08. The lowest BCUT2D eigenvalue weighted by Gasteiger charge is -2.25. The molecular formula is C36H21N3O2. The van der Waals surface area contributed by atoms with Crippen molar-refractivity contribution in [3.8, 4) is 0 Å². The molecule has 4 heterocycles. The molecule has 0 aliphatic rings. The van der Waals surface area contributed by atoms with Crippen LogP contribution in [0.3, 0.4) is 0 Å². The van der Waals surface area contributed by atoms with Crippen molar-refractivity contribution in [1.82, 2.24) is 9.97 Å². The monoisotopic (exact) mass is 527 g/mol. The van der Waals surface area contributed by atoms with Gasteiger partial charge in [0.25, 0.3) is 0 Å². The van der Waals surface area contributed by atoms with Crippen molar-refractivity contribution in [2.75, 3.05) is 4.90 Å². The van der Waals surface area contributed by atoms with Crippen LogP contribution in [0.15, 0.2) is 136 Å². The van der Waals surface area contributed by atoms with Crippen LogP contribution in [0.4, 0.5) is 17.2 Å². The van der Waals surface area contributed by atoms with Gasteiger partial charge in [0, 0.05) is 22.7 Å². The Morgan fingerprint density at radius 1 is 0.488 bits per heavy atom. The molecule has 0 aliphatic heterocycles. The Labute approximate surface area is 233 Å². The van der Waals surface area contributed by atoms with E-state index in [9.17, 15) is 0 Å². The molecule has 5 nitrogen and oxygen atoms in total. The lowest BCUT2D eigenvalue weighted by Crippen LogP contribution is -2.12. The van der Waals surface area contributed by atoms with Gasteiger partial charge in [0.1, 0.15) is 22.6 Å². The van der Waals surface area contributed by atoms with Gasteiger partial charge in [-0.15, -0.1) is 0 Å². The van der Waals surface area contributed by atoms with E-state index in [1.165, 1.54) is 16.2 Å². The molecule has 0 saturated heterocycles. The summed E-state index contributed by atoms with van der Waals surface area (Å²) in [6.07, 6.45) is 3.67. The average molecular weight is 528 g/mol. The molecule has 0 fully saturated rings. The van der Waals surface area contributed by atoms with Crippen LogP contribution >= 0.6 is 0 Å². The summed E-state index contributed by atoms with van der Waals surface area (Å²) in [6, 6.07) is 39.7. The minimum absolute atomic E-state index is 0.611. The summed E-state index contributed by atoms with van der Waals surface area (Å²) in [6.45, 7) is 0. The van der Waals surface area contributed by atoms with Gasteiger partial charge in [-0.25, -0.2) is 9.97 Å². The highest BCUT2D eigenvalue weighted by molar-refractivity contribution is 6.14. The lowest BCUT2D eigenvalue weighted by molar-refractivity contribution is 0.654. The van der Waals surface area contributed by atoms with Gasteiger partial charge in [-0.2, -0.15) is 0 Å². The predicted molar refractivity (Wildman–Crippen MR) is 166 cm³/mol. The van der Waals surface area contributed by atoms with Crippen molar-refractivity contribution < 1.29 is 8.83 Å². The highest BCUT2D eigenvalue weighted by Crippen LogP contribution is 2.43. The summed E-state index contributed by atoms with van der Waals surface area (Å²) in [5.41, 5.74) is 4.91. The van der Waals surface area contributed by atoms with Crippen molar-refractivity contribution in [1.29, 1.82) is 0 Å². The van der Waals surface area contributed by atoms with Crippen LogP contribution < -0.4 is 4.90 Å². The van der Waals surface area contributed by atoms with Gasteiger partial charge >= 0.3 is 0 Å². The van der Waals surface area contributed by atoms with E-state index in [-0.39, 0.29) is 0 Å². The van der Waals surface area contributed by atoms with Gasteiger partial charge in [-0.3, -0.25) is 4.90 Å². The summed E-state index contributed by atoms with van der Waals surface area (Å²) in [7, 11) is 0. The molecule has 0 spiro atoms. The first kappa shape index (κ1) is 22.2. The van der Waals surface area contributed by atoms with Gasteiger partial charge in [0.2, 0.25) is 5.71 Å². The maximum Gasteiger partial charge on any atom is 0.227 e. The number of anilines is 3. The van der Waals surface area contributed by atoms with E-state index in [1.807, 2.05) is 48.7 Å². The molecule has 0 unspecified atom stereocenters. The largest absolute Gasteiger partial charge is 0.456 e. The number of furan rings is 2. The second-order valence-electron chi connectivity index (χ2n) is 10.3. The zero-order chi connectivity index (χ0) is 26.9. The second-order valence-corrected chi connectivity index (χ2v) is 10.3. The van der Waals surface area contributed by atoms with E-state index >= 15 is 0 Å². The molecule has 0 amide bonds. The molecule has 41 heavy (non-hydrogen) atoms. The summed E-state index contributed by atoms with van der Waals surface area (Å²) in [5.74, 6) is 0.779. The first-order chi connectivity index (χ1) is 20.3. The number of fused-ring (bicyclic) bond motifs is 9. The standard InChI is InChI=1S/C36H21N3O2/c1-2-8-26-22(7-1)13-14-23-19-24(15-16-27(23)26)39(25-20-30-28-9-3-5-11-31(28)41-36(30)38-21-25)35-34-29-10-4-6-12-32(29)40-33(34)17-18-37-35/h1-21H. The molecule has 0 radical (unpaired) electrons. The van der Waals surface area contributed by atoms with Gasteiger partial charge in [-0.05, 0) is 57.9 Å². The number of benzene rings is 5. The van der Waals surface area contributed by atoms with Crippen molar-refractivity contribution in [2.45, 2.75) is 0 Å². The topological polar surface area (TPSA) is 55.3 Å². The Balaban J connectivity index is 1.35. The van der Waals surface area contributed by atoms with Gasteiger partial charge in [0.15, 0.2) is 0 Å². The van der Waals surface area contributed by atoms with E-state index in [0.29, 0.717) is 5.71 Å². The first-order valence-corrected chi connectivity index (χ1v) is 13.6. The summed E-state index contributed by atoms with van der Waals surface area (Å²) in [5, 5.41) is 8.78. The number of hydrogen-bond donors (Lipinski definition) is 0. The number of para-hydroxylation sites is 2. The Morgan fingerprint density at radius 3 is 2.12 bits per heavy atom. The third kappa shape index (κ3) is 3.29. The van der Waals surface area contributed by atoms with Crippen LogP contribution in [-0.2, 0) is 0 Å². The minimum Gasteiger partial charge on any atom is -0.456 e. The molecule has 9 aromatic rings. The zero-order valence-electron chi connectivity index (χ0n) is 21.8. The third-order valence-electron chi connectivity index (χ3n) is 7.95. The van der Waals surface area contributed by atoms with Crippen molar-refractivity contribution in [3.63, 3.8) is 0 Å². The third-order valence-corrected chi connectivity index (χ3v) is 7.95. The summed E-state index contributed by atoms with van der Waals surface area (Å²) in [4.78, 5) is 11.9. The molecule has 5 aromatic carbocycles. The number of rotatable bonds is 3. The molecule has 0 aliphatic carbocycles. The van der Waals surface area contributed by atoms with Crippen LogP contribution in [0.5, 0.6) is 0 Å². The van der Waals surface area contributed by atoms with Crippen molar-refractivity contribution in [2.24, 2.45) is 0 Å². The molecule has 0 bridgehead atoms. The molecule has 9 rings (SSSR count). The Kier molecular flexibility index (Phi) is 4.55. The van der Waals surface area contributed by atoms with Crippen LogP contribution in [0, 0.1) is 0 Å². The first-order valence-electron chi connectivity index (χ1n) is 13.6. The molecule has 0 N–H and O–H groups in total. The van der Waals surface area contributed by atoms with E-state index in [2.05, 4.69) is 77.7 Å². The number of nitrogens with zero attached hydrogens (tertiary/aromatic N) is 3. The highest BCUT2D eigenvalue weighted by Gasteiger charge is 2.22. The lowest BCUT2D eigenvalue weighted by atomic mass is 10.0. The fourth-order valence-electron chi connectivity index (χ4n) is 6.08. The van der Waals surface area contributed by atoms with Crippen LogP contribution in [-0.4, -0.2) is 9.97 Å². The van der Waals surface area contributed by atoms with Crippen molar-refractivity contribution in [3.05, 3.63) is 128 Å². The number of hydrogen-bond acceptors (Lipinski definition) is 5. The van der Waals surface area contributed by atoms with Crippen LogP contribution in [0.25, 0.3) is 65.6 Å². The number of pyridine rings is 2. The summed E-state index contributed by atoms with van der Waals surface area (Å²) < 4.78 is 12.3. The maximum atomic E-state index is 6.25. The van der Waals surface area contributed by atoms with Gasteiger partial charge in [-0.1, -0.05) is 78.9 Å². The Morgan fingerprint density at radius 2 is 1.22 bits per heavy atom. The summed E-state index contributed by atoms with van der Waals surface area (Å²) >= 11 is 0. The molecular weight excluding hydrogens is 506 g/mol. The minimum atomic E-state index is 0.611. The van der Waals surface area contributed by atoms with Gasteiger partial charge < -0.3 is 8.83 Å². The molecule has 192 valence electrons. The molecule has 0 atom stereocenters. The SMILES string of the molecule is c1ccc2c(c1)ccc1cc(N(c3cnc4oc5ccccc5c4c3)c3nccc4oc5ccccc5c34)ccc12. The highest BCUT2D eigenvalue weighted by atomic mass is 16.3. The normalized spacial score (nSPS) is 11.9. The second kappa shape index (κ2) is 8.41. The molecule has 5 heteroatoms. The van der Waals surface area contributed by atoms with Crippen molar-refractivity contribution >= 4 is 82.7 Å². The van der Waals surface area contributed by atoms with Crippen LogP contribution in [0.2, 0.25) is 0 Å². The van der Waals surface area contributed by atoms with E-state index in [0.717, 1.165) is 60.9 Å². The van der Waals surface area contributed by atoms with E-state index in [1.54, 1.807) is 6.20 Å². The van der Waals surface area contributed by atoms with E-state index < -0.39 is 0 Å². The smallest absolute Gasteiger partial charge is 0.227 e. The van der Waals surface area contributed by atoms with Gasteiger partial charge in [0.05, 0.1) is 22.7 Å². The fraction of sp³-hybridized carbons (Fsp3) is 0. The maximum absolute atomic E-state index is 6.25. The Hall–Kier alpha value is -5.68. The average Bonchev–Trinajstić information content (AvgIpc) is 3.60. The zero-order valence-corrected chi connectivity index (χ0v) is 21.8.